The smallest absolute Gasteiger partial charge is 0.243 e. The van der Waals surface area contributed by atoms with E-state index >= 15 is 0 Å². The molecule has 17 heavy (non-hydrogen) atoms. The Hall–Kier alpha value is -1.33. The number of aromatic hydroxyl groups is 1. The molecule has 0 spiro atoms. The summed E-state index contributed by atoms with van der Waals surface area (Å²) < 4.78 is 26.1. The molecule has 0 unspecified atom stereocenters. The summed E-state index contributed by atoms with van der Waals surface area (Å²) in [5, 5.41) is 9.34. The van der Waals surface area contributed by atoms with Crippen molar-refractivity contribution in [3.63, 3.8) is 0 Å². The van der Waals surface area contributed by atoms with Crippen molar-refractivity contribution in [3.05, 3.63) is 36.9 Å². The molecular formula is C12H15NO3S. The minimum Gasteiger partial charge on any atom is -0.508 e. The van der Waals surface area contributed by atoms with E-state index < -0.39 is 10.0 Å². The second-order valence-corrected chi connectivity index (χ2v) is 5.98. The van der Waals surface area contributed by atoms with Gasteiger partial charge in [0.1, 0.15) is 5.75 Å². The molecule has 2 rings (SSSR count). The van der Waals surface area contributed by atoms with E-state index in [-0.39, 0.29) is 16.7 Å². The summed E-state index contributed by atoms with van der Waals surface area (Å²) in [6.07, 6.45) is 3.37. The van der Waals surface area contributed by atoms with Crippen LogP contribution < -0.4 is 0 Å². The molecule has 1 saturated carbocycles. The second-order valence-electron chi connectivity index (χ2n) is 4.09. The number of benzene rings is 1. The minimum atomic E-state index is -3.52. The van der Waals surface area contributed by atoms with Crippen LogP contribution in [0.1, 0.15) is 12.8 Å². The van der Waals surface area contributed by atoms with Crippen LogP contribution in [0.25, 0.3) is 0 Å². The molecule has 1 aliphatic rings. The van der Waals surface area contributed by atoms with Gasteiger partial charge in [0, 0.05) is 12.6 Å². The molecule has 1 N–H and O–H groups in total. The number of rotatable bonds is 5. The Labute approximate surface area is 101 Å². The molecule has 0 atom stereocenters. The maximum absolute atomic E-state index is 12.3. The van der Waals surface area contributed by atoms with Gasteiger partial charge in [-0.05, 0) is 31.0 Å². The van der Waals surface area contributed by atoms with Crippen LogP contribution >= 0.6 is 0 Å². The summed E-state index contributed by atoms with van der Waals surface area (Å²) in [7, 11) is -3.52. The van der Waals surface area contributed by atoms with E-state index in [0.29, 0.717) is 6.54 Å². The third-order valence-corrected chi connectivity index (χ3v) is 4.60. The lowest BCUT2D eigenvalue weighted by atomic mass is 10.3. The van der Waals surface area contributed by atoms with Crippen molar-refractivity contribution in [1.29, 1.82) is 0 Å². The van der Waals surface area contributed by atoms with Gasteiger partial charge in [-0.1, -0.05) is 12.1 Å². The topological polar surface area (TPSA) is 57.6 Å². The molecule has 0 bridgehead atoms. The summed E-state index contributed by atoms with van der Waals surface area (Å²) in [5.41, 5.74) is 0. The van der Waals surface area contributed by atoms with E-state index in [0.717, 1.165) is 12.8 Å². The predicted octanol–water partition coefficient (Wildman–Crippen LogP) is 1.73. The third-order valence-electron chi connectivity index (χ3n) is 2.69. The molecule has 0 heterocycles. The van der Waals surface area contributed by atoms with Crippen LogP contribution in [0.3, 0.4) is 0 Å². The van der Waals surface area contributed by atoms with Gasteiger partial charge >= 0.3 is 0 Å². The number of nitrogens with zero attached hydrogens (tertiary/aromatic N) is 1. The van der Waals surface area contributed by atoms with Crippen LogP contribution in [0, 0.1) is 0 Å². The van der Waals surface area contributed by atoms with Crippen LogP contribution in [0.4, 0.5) is 0 Å². The number of phenolic OH excluding ortho intramolecular Hbond substituents is 1. The highest BCUT2D eigenvalue weighted by Crippen LogP contribution is 2.32. The first-order valence-corrected chi connectivity index (χ1v) is 6.91. The van der Waals surface area contributed by atoms with Gasteiger partial charge in [0.2, 0.25) is 10.0 Å². The first-order chi connectivity index (χ1) is 8.05. The monoisotopic (exact) mass is 253 g/mol. The lowest BCUT2D eigenvalue weighted by Gasteiger charge is -2.20. The standard InChI is InChI=1S/C12H15NO3S/c1-2-8-13(10-6-7-10)17(15,16)12-5-3-4-11(14)9-12/h2-5,9-10,14H,1,6-8H2. The van der Waals surface area contributed by atoms with Gasteiger partial charge in [0.15, 0.2) is 0 Å². The molecule has 92 valence electrons. The van der Waals surface area contributed by atoms with Crippen LogP contribution in [-0.4, -0.2) is 30.4 Å². The maximum Gasteiger partial charge on any atom is 0.243 e. The summed E-state index contributed by atoms with van der Waals surface area (Å²) in [6, 6.07) is 5.83. The van der Waals surface area contributed by atoms with E-state index in [4.69, 9.17) is 0 Å². The number of hydrogen-bond donors (Lipinski definition) is 1. The van der Waals surface area contributed by atoms with Gasteiger partial charge in [-0.3, -0.25) is 0 Å². The molecule has 0 radical (unpaired) electrons. The molecule has 1 aromatic carbocycles. The van der Waals surface area contributed by atoms with E-state index in [1.807, 2.05) is 0 Å². The van der Waals surface area contributed by atoms with Crippen molar-refractivity contribution in [2.75, 3.05) is 6.54 Å². The first-order valence-electron chi connectivity index (χ1n) is 5.47. The Bertz CT molecular complexity index is 520. The summed E-state index contributed by atoms with van der Waals surface area (Å²) >= 11 is 0. The third kappa shape index (κ3) is 2.50. The Morgan fingerprint density at radius 2 is 2.18 bits per heavy atom. The van der Waals surface area contributed by atoms with Crippen LogP contribution in [0.2, 0.25) is 0 Å². The molecule has 5 heteroatoms. The second kappa shape index (κ2) is 4.50. The van der Waals surface area contributed by atoms with Crippen molar-refractivity contribution in [1.82, 2.24) is 4.31 Å². The van der Waals surface area contributed by atoms with Gasteiger partial charge < -0.3 is 5.11 Å². The molecule has 0 saturated heterocycles. The van der Waals surface area contributed by atoms with E-state index in [1.165, 1.54) is 28.6 Å². The lowest BCUT2D eigenvalue weighted by molar-refractivity contribution is 0.434. The fourth-order valence-corrected chi connectivity index (χ4v) is 3.41. The maximum atomic E-state index is 12.3. The number of hydrogen-bond acceptors (Lipinski definition) is 3. The fourth-order valence-electron chi connectivity index (χ4n) is 1.71. The van der Waals surface area contributed by atoms with Crippen molar-refractivity contribution < 1.29 is 13.5 Å². The molecule has 4 nitrogen and oxygen atoms in total. The Kier molecular flexibility index (Phi) is 3.22. The van der Waals surface area contributed by atoms with Gasteiger partial charge in [0.05, 0.1) is 4.90 Å². The molecule has 0 aliphatic heterocycles. The predicted molar refractivity (Wildman–Crippen MR) is 65.2 cm³/mol. The molecule has 1 aromatic rings. The molecule has 0 amide bonds. The highest BCUT2D eigenvalue weighted by atomic mass is 32.2. The first kappa shape index (κ1) is 12.1. The summed E-state index contributed by atoms with van der Waals surface area (Å²) in [5.74, 6) is -0.0413. The molecule has 1 fully saturated rings. The normalized spacial score (nSPS) is 16.1. The lowest BCUT2D eigenvalue weighted by Crippen LogP contribution is -2.33. The van der Waals surface area contributed by atoms with Crippen molar-refractivity contribution in [2.24, 2.45) is 0 Å². The average Bonchev–Trinajstić information content (AvgIpc) is 3.09. The average molecular weight is 253 g/mol. The Morgan fingerprint density at radius 3 is 2.71 bits per heavy atom. The number of sulfonamides is 1. The number of phenols is 1. The van der Waals surface area contributed by atoms with Crippen LogP contribution in [0.5, 0.6) is 5.75 Å². The molecular weight excluding hydrogens is 238 g/mol. The van der Waals surface area contributed by atoms with Gasteiger partial charge in [-0.2, -0.15) is 4.31 Å². The highest BCUT2D eigenvalue weighted by molar-refractivity contribution is 7.89. The van der Waals surface area contributed by atoms with E-state index in [2.05, 4.69) is 6.58 Å². The van der Waals surface area contributed by atoms with E-state index in [9.17, 15) is 13.5 Å². The Balaban J connectivity index is 2.36. The SMILES string of the molecule is C=CCN(C1CC1)S(=O)(=O)c1cccc(O)c1. The summed E-state index contributed by atoms with van der Waals surface area (Å²) in [4.78, 5) is 0.131. The van der Waals surface area contributed by atoms with Crippen molar-refractivity contribution in [3.8, 4) is 5.75 Å². The molecule has 1 aliphatic carbocycles. The zero-order chi connectivity index (χ0) is 12.5. The van der Waals surface area contributed by atoms with Crippen LogP contribution in [0.15, 0.2) is 41.8 Å². The quantitative estimate of drug-likeness (QED) is 0.813. The Morgan fingerprint density at radius 1 is 1.47 bits per heavy atom. The zero-order valence-corrected chi connectivity index (χ0v) is 10.2. The fraction of sp³-hybridized carbons (Fsp3) is 0.333. The highest BCUT2D eigenvalue weighted by Gasteiger charge is 2.37. The van der Waals surface area contributed by atoms with Gasteiger partial charge in [0.25, 0.3) is 0 Å². The minimum absolute atomic E-state index is 0.0413. The largest absolute Gasteiger partial charge is 0.508 e. The zero-order valence-electron chi connectivity index (χ0n) is 9.41. The molecule has 0 aromatic heterocycles. The van der Waals surface area contributed by atoms with Gasteiger partial charge in [-0.25, -0.2) is 8.42 Å². The van der Waals surface area contributed by atoms with Gasteiger partial charge in [-0.15, -0.1) is 6.58 Å². The van der Waals surface area contributed by atoms with E-state index in [1.54, 1.807) is 6.08 Å². The summed E-state index contributed by atoms with van der Waals surface area (Å²) in [6.45, 7) is 3.89. The van der Waals surface area contributed by atoms with Crippen LogP contribution in [-0.2, 0) is 10.0 Å². The van der Waals surface area contributed by atoms with Crippen molar-refractivity contribution >= 4 is 10.0 Å². The van der Waals surface area contributed by atoms with Crippen molar-refractivity contribution in [2.45, 2.75) is 23.8 Å².